The summed E-state index contributed by atoms with van der Waals surface area (Å²) in [6, 6.07) is 11.2. The molecule has 6 rings (SSSR count). The van der Waals surface area contributed by atoms with Crippen molar-refractivity contribution in [3.8, 4) is 11.3 Å². The molecule has 1 saturated carbocycles. The van der Waals surface area contributed by atoms with Gasteiger partial charge in [-0.05, 0) is 88.5 Å². The molecule has 3 nitrogen and oxygen atoms in total. The lowest BCUT2D eigenvalue weighted by Gasteiger charge is -2.38. The number of hydrogen-bond donors (Lipinski definition) is 0. The van der Waals surface area contributed by atoms with Gasteiger partial charge in [-0.1, -0.05) is 18.2 Å². The van der Waals surface area contributed by atoms with Crippen LogP contribution in [0.5, 0.6) is 0 Å². The monoisotopic (exact) mass is 361 g/mol. The molecule has 0 unspecified atom stereocenters. The van der Waals surface area contributed by atoms with Crippen molar-refractivity contribution >= 4 is 12.6 Å². The Morgan fingerprint density at radius 1 is 0.852 bits per heavy atom. The van der Waals surface area contributed by atoms with E-state index in [9.17, 15) is 0 Å². The molecule has 0 spiro atoms. The van der Waals surface area contributed by atoms with Crippen LogP contribution < -0.4 is 5.46 Å². The smallest absolute Gasteiger partial charge is 0.399 e. The highest BCUT2D eigenvalue weighted by Gasteiger charge is 2.51. The molecule has 4 aliphatic rings. The standard InChI is InChI=1S/C23H28BNO2/c1-22(2)23(3,4)27-24(26-22)18-10-12-21(25-14-18)17-9-11-19-15-5-7-16(8-6-15)20(19)13-17/h9-16H,5-8H2,1-4H3. The average molecular weight is 361 g/mol. The number of benzene rings is 1. The Morgan fingerprint density at radius 3 is 2.07 bits per heavy atom. The Hall–Kier alpha value is -1.65. The zero-order valence-corrected chi connectivity index (χ0v) is 16.8. The minimum atomic E-state index is -0.351. The quantitative estimate of drug-likeness (QED) is 0.720. The molecular formula is C23H28BNO2. The first-order chi connectivity index (χ1) is 12.8. The lowest BCUT2D eigenvalue weighted by molar-refractivity contribution is 0.00578. The van der Waals surface area contributed by atoms with Gasteiger partial charge in [0.2, 0.25) is 0 Å². The van der Waals surface area contributed by atoms with Crippen LogP contribution in [0.4, 0.5) is 0 Å². The summed E-state index contributed by atoms with van der Waals surface area (Å²) in [5.41, 5.74) is 5.75. The molecule has 1 aromatic heterocycles. The Labute approximate surface area is 162 Å². The molecule has 2 fully saturated rings. The zero-order valence-electron chi connectivity index (χ0n) is 16.8. The van der Waals surface area contributed by atoms with Gasteiger partial charge >= 0.3 is 7.12 Å². The Morgan fingerprint density at radius 2 is 1.48 bits per heavy atom. The molecule has 0 atom stereocenters. The summed E-state index contributed by atoms with van der Waals surface area (Å²) in [4.78, 5) is 4.74. The lowest BCUT2D eigenvalue weighted by Crippen LogP contribution is -2.41. The third-order valence-electron chi connectivity index (χ3n) is 7.30. The SMILES string of the molecule is CC1(C)OB(c2ccc(-c3ccc4c(c3)C3CCC4CC3)nc2)OC1(C)C. The topological polar surface area (TPSA) is 31.4 Å². The van der Waals surface area contributed by atoms with E-state index in [0.717, 1.165) is 23.0 Å². The molecule has 1 saturated heterocycles. The fourth-order valence-electron chi connectivity index (χ4n) is 4.87. The van der Waals surface area contributed by atoms with E-state index in [1.54, 1.807) is 11.1 Å². The van der Waals surface area contributed by atoms with Crippen molar-refractivity contribution in [1.82, 2.24) is 4.98 Å². The number of fused-ring (bicyclic) bond motifs is 2. The summed E-state index contributed by atoms with van der Waals surface area (Å²) in [5, 5.41) is 0. The van der Waals surface area contributed by atoms with Gasteiger partial charge in [-0.25, -0.2) is 0 Å². The predicted octanol–water partition coefficient (Wildman–Crippen LogP) is 4.80. The van der Waals surface area contributed by atoms with Crippen LogP contribution in [0.2, 0.25) is 0 Å². The van der Waals surface area contributed by atoms with Crippen molar-refractivity contribution in [3.63, 3.8) is 0 Å². The van der Waals surface area contributed by atoms with Gasteiger partial charge in [0.15, 0.2) is 0 Å². The Bertz CT molecular complexity index is 850. The van der Waals surface area contributed by atoms with Crippen LogP contribution in [0.3, 0.4) is 0 Å². The highest BCUT2D eigenvalue weighted by molar-refractivity contribution is 6.62. The van der Waals surface area contributed by atoms with Gasteiger partial charge in [0, 0.05) is 17.2 Å². The van der Waals surface area contributed by atoms with Gasteiger partial charge in [0.1, 0.15) is 0 Å². The molecule has 140 valence electrons. The van der Waals surface area contributed by atoms with E-state index in [1.165, 1.54) is 31.2 Å². The first-order valence-electron chi connectivity index (χ1n) is 10.3. The number of rotatable bonds is 2. The molecule has 0 N–H and O–H groups in total. The van der Waals surface area contributed by atoms with Crippen molar-refractivity contribution in [2.24, 2.45) is 0 Å². The molecule has 0 amide bonds. The third-order valence-corrected chi connectivity index (χ3v) is 7.30. The molecule has 2 aromatic rings. The lowest BCUT2D eigenvalue weighted by atomic mass is 9.67. The van der Waals surface area contributed by atoms with Gasteiger partial charge in [0.05, 0.1) is 16.9 Å². The van der Waals surface area contributed by atoms with E-state index < -0.39 is 0 Å². The number of nitrogens with zero attached hydrogens (tertiary/aromatic N) is 1. The molecule has 1 aromatic carbocycles. The van der Waals surface area contributed by atoms with Crippen molar-refractivity contribution < 1.29 is 9.31 Å². The van der Waals surface area contributed by atoms with Crippen LogP contribution >= 0.6 is 0 Å². The zero-order chi connectivity index (χ0) is 18.8. The third kappa shape index (κ3) is 2.76. The second kappa shape index (κ2) is 5.92. The van der Waals surface area contributed by atoms with Crippen molar-refractivity contribution in [2.75, 3.05) is 0 Å². The average Bonchev–Trinajstić information content (AvgIpc) is 2.90. The van der Waals surface area contributed by atoms with Gasteiger partial charge in [-0.3, -0.25) is 4.98 Å². The largest absolute Gasteiger partial charge is 0.496 e. The fraction of sp³-hybridized carbons (Fsp3) is 0.522. The molecule has 2 heterocycles. The summed E-state index contributed by atoms with van der Waals surface area (Å²) in [6.07, 6.45) is 7.37. The van der Waals surface area contributed by atoms with E-state index in [0.29, 0.717) is 0 Å². The summed E-state index contributed by atoms with van der Waals surface area (Å²) in [6.45, 7) is 8.32. The minimum Gasteiger partial charge on any atom is -0.399 e. The fourth-order valence-corrected chi connectivity index (χ4v) is 4.87. The van der Waals surface area contributed by atoms with E-state index in [-0.39, 0.29) is 18.3 Å². The summed E-state index contributed by atoms with van der Waals surface area (Å²) in [7, 11) is -0.351. The predicted molar refractivity (Wildman–Crippen MR) is 109 cm³/mol. The first-order valence-corrected chi connectivity index (χ1v) is 10.3. The van der Waals surface area contributed by atoms with Crippen LogP contribution in [-0.2, 0) is 9.31 Å². The maximum absolute atomic E-state index is 6.14. The minimum absolute atomic E-state index is 0.325. The normalized spacial score (nSPS) is 27.6. The van der Waals surface area contributed by atoms with Gasteiger partial charge in [-0.15, -0.1) is 0 Å². The molecule has 1 aliphatic heterocycles. The van der Waals surface area contributed by atoms with Crippen molar-refractivity contribution in [3.05, 3.63) is 47.7 Å². The summed E-state index contributed by atoms with van der Waals surface area (Å²) < 4.78 is 12.3. The second-order valence-electron chi connectivity index (χ2n) is 9.46. The van der Waals surface area contributed by atoms with Crippen LogP contribution in [-0.4, -0.2) is 23.3 Å². The van der Waals surface area contributed by atoms with Crippen LogP contribution in [0.25, 0.3) is 11.3 Å². The van der Waals surface area contributed by atoms with E-state index in [1.807, 2.05) is 6.20 Å². The summed E-state index contributed by atoms with van der Waals surface area (Å²) >= 11 is 0. The first kappa shape index (κ1) is 17.5. The number of aromatic nitrogens is 1. The highest BCUT2D eigenvalue weighted by atomic mass is 16.7. The van der Waals surface area contributed by atoms with Crippen LogP contribution in [0.1, 0.15) is 76.3 Å². The Balaban J connectivity index is 1.41. The summed E-state index contributed by atoms with van der Waals surface area (Å²) in [5.74, 6) is 1.55. The van der Waals surface area contributed by atoms with Gasteiger partial charge in [-0.2, -0.15) is 0 Å². The van der Waals surface area contributed by atoms with Crippen LogP contribution in [0.15, 0.2) is 36.5 Å². The van der Waals surface area contributed by atoms with E-state index in [2.05, 4.69) is 58.0 Å². The maximum Gasteiger partial charge on any atom is 0.496 e. The molecule has 3 aliphatic carbocycles. The van der Waals surface area contributed by atoms with Gasteiger partial charge < -0.3 is 9.31 Å². The van der Waals surface area contributed by atoms with Crippen LogP contribution in [0, 0.1) is 0 Å². The van der Waals surface area contributed by atoms with Gasteiger partial charge in [0.25, 0.3) is 0 Å². The number of pyridine rings is 1. The van der Waals surface area contributed by atoms with Crippen molar-refractivity contribution in [1.29, 1.82) is 0 Å². The number of hydrogen-bond acceptors (Lipinski definition) is 3. The van der Waals surface area contributed by atoms with Crippen molar-refractivity contribution in [2.45, 2.75) is 76.4 Å². The molecule has 27 heavy (non-hydrogen) atoms. The second-order valence-corrected chi connectivity index (χ2v) is 9.46. The highest BCUT2D eigenvalue weighted by Crippen LogP contribution is 2.49. The molecular weight excluding hydrogens is 333 g/mol. The van der Waals surface area contributed by atoms with E-state index >= 15 is 0 Å². The molecule has 2 bridgehead atoms. The molecule has 4 heteroatoms. The van der Waals surface area contributed by atoms with E-state index in [4.69, 9.17) is 14.3 Å². The maximum atomic E-state index is 6.14. The molecule has 0 radical (unpaired) electrons. The Kier molecular flexibility index (Phi) is 3.83.